The summed E-state index contributed by atoms with van der Waals surface area (Å²) in [6, 6.07) is 11.5. The number of benzene rings is 1. The molecule has 1 aliphatic heterocycles. The minimum Gasteiger partial charge on any atom is -0.354 e. The lowest BCUT2D eigenvalue weighted by atomic mass is 9.87. The lowest BCUT2D eigenvalue weighted by molar-refractivity contribution is 0.235. The Hall–Kier alpha value is -3.10. The summed E-state index contributed by atoms with van der Waals surface area (Å²) in [7, 11) is 0. The number of aromatic amines is 1. The Labute approximate surface area is 183 Å². The lowest BCUT2D eigenvalue weighted by Crippen LogP contribution is -2.33. The largest absolute Gasteiger partial charge is 0.354 e. The minimum atomic E-state index is 0.412. The van der Waals surface area contributed by atoms with E-state index < -0.39 is 0 Å². The van der Waals surface area contributed by atoms with Gasteiger partial charge in [0.1, 0.15) is 5.65 Å². The standard InChI is InChI=1S/C26H29N5/c1-17(2)24-22-15-20(19-6-10-30(11-7-19)12-8-27)4-5-23(22)29-25(24)21-14-18(3)26-28-9-13-31(26)16-21/h4-5,9,13-17,19,29H,6-7,10-12H2,1-3H3. The first-order chi connectivity index (χ1) is 15.0. The Morgan fingerprint density at radius 3 is 2.77 bits per heavy atom. The first-order valence-electron chi connectivity index (χ1n) is 11.2. The molecule has 1 N–H and O–H groups in total. The van der Waals surface area contributed by atoms with Gasteiger partial charge in [-0.2, -0.15) is 5.26 Å². The van der Waals surface area contributed by atoms with Crippen LogP contribution in [0.15, 0.2) is 42.9 Å². The van der Waals surface area contributed by atoms with Gasteiger partial charge in [-0.3, -0.25) is 4.90 Å². The van der Waals surface area contributed by atoms with Crippen LogP contribution >= 0.6 is 0 Å². The van der Waals surface area contributed by atoms with Crippen molar-refractivity contribution in [3.63, 3.8) is 0 Å². The fourth-order valence-electron chi connectivity index (χ4n) is 5.18. The lowest BCUT2D eigenvalue weighted by Gasteiger charge is -2.30. The highest BCUT2D eigenvalue weighted by molar-refractivity contribution is 5.92. The third kappa shape index (κ3) is 3.51. The first-order valence-corrected chi connectivity index (χ1v) is 11.2. The molecular formula is C26H29N5. The molecular weight excluding hydrogens is 382 g/mol. The van der Waals surface area contributed by atoms with Crippen molar-refractivity contribution in [2.24, 2.45) is 0 Å². The van der Waals surface area contributed by atoms with E-state index in [-0.39, 0.29) is 0 Å². The highest BCUT2D eigenvalue weighted by atomic mass is 15.1. The van der Waals surface area contributed by atoms with Crippen LogP contribution in [0.5, 0.6) is 0 Å². The van der Waals surface area contributed by atoms with Crippen LogP contribution in [-0.4, -0.2) is 38.9 Å². The maximum absolute atomic E-state index is 8.96. The number of hydrogen-bond acceptors (Lipinski definition) is 3. The van der Waals surface area contributed by atoms with Crippen molar-refractivity contribution in [1.29, 1.82) is 5.26 Å². The van der Waals surface area contributed by atoms with Crippen LogP contribution in [0, 0.1) is 18.3 Å². The van der Waals surface area contributed by atoms with Gasteiger partial charge in [0.2, 0.25) is 0 Å². The second-order valence-corrected chi connectivity index (χ2v) is 9.15. The van der Waals surface area contributed by atoms with E-state index in [0.29, 0.717) is 18.4 Å². The number of nitrogens with zero attached hydrogens (tertiary/aromatic N) is 4. The van der Waals surface area contributed by atoms with Crippen molar-refractivity contribution in [3.05, 3.63) is 59.5 Å². The maximum atomic E-state index is 8.96. The van der Waals surface area contributed by atoms with Crippen LogP contribution in [0.25, 0.3) is 27.8 Å². The molecule has 1 fully saturated rings. The Morgan fingerprint density at radius 2 is 2.03 bits per heavy atom. The highest BCUT2D eigenvalue weighted by Gasteiger charge is 2.23. The number of nitriles is 1. The van der Waals surface area contributed by atoms with Gasteiger partial charge in [0.05, 0.1) is 18.3 Å². The molecule has 1 saturated heterocycles. The van der Waals surface area contributed by atoms with Crippen molar-refractivity contribution in [2.45, 2.75) is 45.4 Å². The van der Waals surface area contributed by atoms with E-state index in [1.54, 1.807) is 0 Å². The molecule has 158 valence electrons. The molecule has 3 aromatic heterocycles. The first kappa shape index (κ1) is 19.8. The van der Waals surface area contributed by atoms with Gasteiger partial charge in [-0.05, 0) is 79.6 Å². The molecule has 0 bridgehead atoms. The summed E-state index contributed by atoms with van der Waals surface area (Å²) in [6.45, 7) is 9.25. The molecule has 5 rings (SSSR count). The number of pyridine rings is 1. The highest BCUT2D eigenvalue weighted by Crippen LogP contribution is 2.38. The Bertz CT molecular complexity index is 1280. The molecule has 0 saturated carbocycles. The zero-order chi connectivity index (χ0) is 21.5. The molecule has 1 aromatic carbocycles. The number of aromatic nitrogens is 3. The van der Waals surface area contributed by atoms with E-state index >= 15 is 0 Å². The summed E-state index contributed by atoms with van der Waals surface area (Å²) in [5.74, 6) is 0.984. The Morgan fingerprint density at radius 1 is 1.23 bits per heavy atom. The van der Waals surface area contributed by atoms with Crippen molar-refractivity contribution in [1.82, 2.24) is 19.3 Å². The summed E-state index contributed by atoms with van der Waals surface area (Å²) >= 11 is 0. The zero-order valence-corrected chi connectivity index (χ0v) is 18.5. The van der Waals surface area contributed by atoms with E-state index in [0.717, 1.165) is 31.6 Å². The number of fused-ring (bicyclic) bond motifs is 2. The SMILES string of the molecule is Cc1cc(-c2[nH]c3ccc(C4CCN(CC#N)CC4)cc3c2C(C)C)cn2ccnc12. The summed E-state index contributed by atoms with van der Waals surface area (Å²) in [4.78, 5) is 10.4. The number of H-pyrrole nitrogens is 1. The van der Waals surface area contributed by atoms with E-state index in [4.69, 9.17) is 5.26 Å². The molecule has 0 spiro atoms. The van der Waals surface area contributed by atoms with E-state index in [1.807, 2.05) is 12.4 Å². The fraction of sp³-hybridized carbons (Fsp3) is 0.385. The summed E-state index contributed by atoms with van der Waals surface area (Å²) in [5.41, 5.74) is 8.62. The van der Waals surface area contributed by atoms with Crippen LogP contribution in [-0.2, 0) is 0 Å². The number of aryl methyl sites for hydroxylation is 1. The van der Waals surface area contributed by atoms with Crippen LogP contribution in [0.1, 0.15) is 55.2 Å². The van der Waals surface area contributed by atoms with Gasteiger partial charge < -0.3 is 9.38 Å². The second kappa shape index (κ2) is 7.86. The van der Waals surface area contributed by atoms with Crippen molar-refractivity contribution < 1.29 is 0 Å². The molecule has 4 aromatic rings. The van der Waals surface area contributed by atoms with E-state index in [9.17, 15) is 0 Å². The molecule has 31 heavy (non-hydrogen) atoms. The van der Waals surface area contributed by atoms with Crippen LogP contribution < -0.4 is 0 Å². The fourth-order valence-corrected chi connectivity index (χ4v) is 5.18. The molecule has 0 aliphatic carbocycles. The molecule has 0 amide bonds. The van der Waals surface area contributed by atoms with Gasteiger partial charge in [-0.25, -0.2) is 4.98 Å². The minimum absolute atomic E-state index is 0.412. The number of likely N-dealkylation sites (tertiary alicyclic amines) is 1. The smallest absolute Gasteiger partial charge is 0.139 e. The number of rotatable bonds is 4. The molecule has 1 aliphatic rings. The predicted molar refractivity (Wildman–Crippen MR) is 125 cm³/mol. The number of nitrogens with one attached hydrogen (secondary N) is 1. The topological polar surface area (TPSA) is 60.1 Å². The monoisotopic (exact) mass is 411 g/mol. The maximum Gasteiger partial charge on any atom is 0.139 e. The third-order valence-corrected chi connectivity index (χ3v) is 6.75. The molecule has 5 nitrogen and oxygen atoms in total. The quantitative estimate of drug-likeness (QED) is 0.444. The zero-order valence-electron chi connectivity index (χ0n) is 18.5. The van der Waals surface area contributed by atoms with Crippen LogP contribution in [0.2, 0.25) is 0 Å². The van der Waals surface area contributed by atoms with Gasteiger partial charge in [0, 0.05) is 35.1 Å². The Kier molecular flexibility index (Phi) is 5.03. The average molecular weight is 412 g/mol. The number of hydrogen-bond donors (Lipinski definition) is 1. The van der Waals surface area contributed by atoms with E-state index in [2.05, 4.69) is 76.6 Å². The summed E-state index contributed by atoms with van der Waals surface area (Å²) in [5, 5.41) is 10.3. The second-order valence-electron chi connectivity index (χ2n) is 9.15. The summed E-state index contributed by atoms with van der Waals surface area (Å²) < 4.78 is 2.11. The van der Waals surface area contributed by atoms with Gasteiger partial charge in [-0.1, -0.05) is 19.9 Å². The third-order valence-electron chi connectivity index (χ3n) is 6.75. The van der Waals surface area contributed by atoms with Crippen LogP contribution in [0.3, 0.4) is 0 Å². The average Bonchev–Trinajstić information content (AvgIpc) is 3.39. The molecule has 5 heteroatoms. The van der Waals surface area contributed by atoms with Crippen molar-refractivity contribution in [3.8, 4) is 17.3 Å². The van der Waals surface area contributed by atoms with Crippen molar-refractivity contribution in [2.75, 3.05) is 19.6 Å². The van der Waals surface area contributed by atoms with Gasteiger partial charge in [0.25, 0.3) is 0 Å². The molecule has 0 unspecified atom stereocenters. The Balaban J connectivity index is 1.56. The summed E-state index contributed by atoms with van der Waals surface area (Å²) in [6.07, 6.45) is 8.29. The molecule has 4 heterocycles. The van der Waals surface area contributed by atoms with Crippen molar-refractivity contribution >= 4 is 16.6 Å². The number of piperidine rings is 1. The van der Waals surface area contributed by atoms with E-state index in [1.165, 1.54) is 38.9 Å². The normalized spacial score (nSPS) is 15.8. The number of imidazole rings is 1. The van der Waals surface area contributed by atoms with Crippen LogP contribution in [0.4, 0.5) is 0 Å². The predicted octanol–water partition coefficient (Wildman–Crippen LogP) is 5.62. The molecule has 0 atom stereocenters. The molecule has 0 radical (unpaired) electrons. The van der Waals surface area contributed by atoms with Gasteiger partial charge in [-0.15, -0.1) is 0 Å². The van der Waals surface area contributed by atoms with Gasteiger partial charge >= 0.3 is 0 Å². The van der Waals surface area contributed by atoms with Gasteiger partial charge in [0.15, 0.2) is 0 Å².